The summed E-state index contributed by atoms with van der Waals surface area (Å²) < 4.78 is 0. The van der Waals surface area contributed by atoms with E-state index in [9.17, 15) is 9.59 Å². The molecule has 0 saturated carbocycles. The van der Waals surface area contributed by atoms with Crippen molar-refractivity contribution in [3.05, 3.63) is 31.9 Å². The maximum Gasteiger partial charge on any atom is 0.260 e. The topological polar surface area (TPSA) is 87.7 Å². The molecule has 0 unspecified atom stereocenters. The Morgan fingerprint density at radius 2 is 2.17 bits per heavy atom. The maximum absolute atomic E-state index is 12.6. The largest absolute Gasteiger partial charge is 0.301 e. The first-order valence-corrected chi connectivity index (χ1v) is 12.3. The molecule has 29 heavy (non-hydrogen) atoms. The molecule has 0 bridgehead atoms. The molecule has 3 aromatic rings. The van der Waals surface area contributed by atoms with E-state index in [2.05, 4.69) is 48.0 Å². The maximum atomic E-state index is 12.6. The molecule has 0 spiro atoms. The zero-order valence-electron chi connectivity index (χ0n) is 16.9. The van der Waals surface area contributed by atoms with E-state index in [1.807, 2.05) is 5.38 Å². The van der Waals surface area contributed by atoms with Crippen LogP contribution in [-0.2, 0) is 23.1 Å². The molecular formula is C20H24N4O2S3. The number of aromatic nitrogens is 3. The number of aryl methyl sites for hydroxylation is 1. The molecule has 6 nitrogen and oxygen atoms in total. The lowest BCUT2D eigenvalue weighted by molar-refractivity contribution is -0.113. The van der Waals surface area contributed by atoms with Crippen molar-refractivity contribution in [1.82, 2.24) is 15.0 Å². The number of nitrogens with one attached hydrogen (secondary N) is 2. The molecule has 1 aliphatic carbocycles. The van der Waals surface area contributed by atoms with Crippen molar-refractivity contribution >= 4 is 55.7 Å². The Morgan fingerprint density at radius 1 is 1.38 bits per heavy atom. The average Bonchev–Trinajstić information content (AvgIpc) is 3.23. The van der Waals surface area contributed by atoms with E-state index in [4.69, 9.17) is 0 Å². The molecule has 1 atom stereocenters. The van der Waals surface area contributed by atoms with Crippen LogP contribution in [0, 0.1) is 5.92 Å². The first kappa shape index (κ1) is 20.6. The Morgan fingerprint density at radius 3 is 2.90 bits per heavy atom. The summed E-state index contributed by atoms with van der Waals surface area (Å²) in [5.41, 5.74) is 1.98. The SMILES string of the molecule is C[C@@H]1CCc2c(sc3nc(SCC(=O)Nc4nc(C(C)(C)C)cs4)[nH]c(=O)c23)C1. The lowest BCUT2D eigenvalue weighted by Crippen LogP contribution is -2.17. The Bertz CT molecular complexity index is 1120. The molecule has 0 saturated heterocycles. The van der Waals surface area contributed by atoms with Crippen LogP contribution in [0.3, 0.4) is 0 Å². The van der Waals surface area contributed by atoms with E-state index in [0.717, 1.165) is 35.2 Å². The predicted molar refractivity (Wildman–Crippen MR) is 122 cm³/mol. The highest BCUT2D eigenvalue weighted by molar-refractivity contribution is 7.99. The fraction of sp³-hybridized carbons (Fsp3) is 0.500. The zero-order chi connectivity index (χ0) is 20.8. The van der Waals surface area contributed by atoms with E-state index >= 15 is 0 Å². The first-order valence-electron chi connectivity index (χ1n) is 9.64. The quantitative estimate of drug-likeness (QED) is 0.450. The molecule has 3 aromatic heterocycles. The monoisotopic (exact) mass is 448 g/mol. The molecule has 0 radical (unpaired) electrons. The van der Waals surface area contributed by atoms with Gasteiger partial charge in [0.05, 0.1) is 16.8 Å². The third-order valence-electron chi connectivity index (χ3n) is 5.00. The van der Waals surface area contributed by atoms with E-state index in [-0.39, 0.29) is 22.6 Å². The predicted octanol–water partition coefficient (Wildman–Crippen LogP) is 4.59. The van der Waals surface area contributed by atoms with Crippen molar-refractivity contribution in [1.29, 1.82) is 0 Å². The Labute approximate surface area is 181 Å². The Kier molecular flexibility index (Phi) is 5.56. The molecule has 9 heteroatoms. The highest BCUT2D eigenvalue weighted by Gasteiger charge is 2.23. The van der Waals surface area contributed by atoms with Crippen LogP contribution < -0.4 is 10.9 Å². The van der Waals surface area contributed by atoms with Crippen LogP contribution in [0.5, 0.6) is 0 Å². The second kappa shape index (κ2) is 7.85. The number of H-pyrrole nitrogens is 1. The van der Waals surface area contributed by atoms with Gasteiger partial charge in [-0.05, 0) is 30.7 Å². The number of aromatic amines is 1. The minimum atomic E-state index is -0.160. The van der Waals surface area contributed by atoms with Gasteiger partial charge in [0.25, 0.3) is 5.56 Å². The number of amides is 1. The lowest BCUT2D eigenvalue weighted by Gasteiger charge is -2.17. The van der Waals surface area contributed by atoms with Crippen molar-refractivity contribution in [2.24, 2.45) is 5.92 Å². The molecule has 154 valence electrons. The number of thiophene rings is 1. The minimum absolute atomic E-state index is 0.0509. The van der Waals surface area contributed by atoms with Crippen LogP contribution in [0.2, 0.25) is 0 Å². The molecule has 4 rings (SSSR count). The van der Waals surface area contributed by atoms with Gasteiger partial charge in [-0.2, -0.15) is 0 Å². The number of anilines is 1. The van der Waals surface area contributed by atoms with Crippen LogP contribution in [0.15, 0.2) is 15.3 Å². The second-order valence-electron chi connectivity index (χ2n) is 8.53. The van der Waals surface area contributed by atoms with E-state index < -0.39 is 0 Å². The van der Waals surface area contributed by atoms with E-state index in [0.29, 0.717) is 16.2 Å². The summed E-state index contributed by atoms with van der Waals surface area (Å²) in [5.74, 6) is 0.657. The number of rotatable bonds is 4. The Hall–Kier alpha value is -1.71. The van der Waals surface area contributed by atoms with Crippen molar-refractivity contribution < 1.29 is 4.79 Å². The summed E-state index contributed by atoms with van der Waals surface area (Å²) in [6.07, 6.45) is 3.08. The van der Waals surface area contributed by atoms with Gasteiger partial charge in [-0.15, -0.1) is 22.7 Å². The highest BCUT2D eigenvalue weighted by Crippen LogP contribution is 2.36. The molecule has 0 aromatic carbocycles. The number of carbonyl (C=O) groups excluding carboxylic acids is 1. The number of fused-ring (bicyclic) bond motifs is 3. The summed E-state index contributed by atoms with van der Waals surface area (Å²) in [7, 11) is 0. The van der Waals surface area contributed by atoms with E-state index in [1.165, 1.54) is 33.5 Å². The minimum Gasteiger partial charge on any atom is -0.301 e. The summed E-state index contributed by atoms with van der Waals surface area (Å²) in [6.45, 7) is 8.51. The number of hydrogen-bond acceptors (Lipinski definition) is 7. The van der Waals surface area contributed by atoms with Crippen LogP contribution in [-0.4, -0.2) is 26.6 Å². The smallest absolute Gasteiger partial charge is 0.260 e. The number of hydrogen-bond donors (Lipinski definition) is 2. The number of nitrogens with zero attached hydrogens (tertiary/aromatic N) is 2. The van der Waals surface area contributed by atoms with Crippen molar-refractivity contribution in [2.45, 2.75) is 57.5 Å². The number of carbonyl (C=O) groups is 1. The van der Waals surface area contributed by atoms with Crippen LogP contribution in [0.4, 0.5) is 5.13 Å². The van der Waals surface area contributed by atoms with E-state index in [1.54, 1.807) is 11.3 Å². The number of thioether (sulfide) groups is 1. The summed E-state index contributed by atoms with van der Waals surface area (Å²) in [4.78, 5) is 39.0. The first-order chi connectivity index (χ1) is 13.7. The molecule has 0 fully saturated rings. The molecule has 0 aliphatic heterocycles. The van der Waals surface area contributed by atoms with Crippen molar-refractivity contribution in [3.63, 3.8) is 0 Å². The van der Waals surface area contributed by atoms with Gasteiger partial charge in [0.2, 0.25) is 5.91 Å². The fourth-order valence-corrected chi connectivity index (χ4v) is 6.42. The van der Waals surface area contributed by atoms with Gasteiger partial charge in [-0.25, -0.2) is 9.97 Å². The molecule has 2 N–H and O–H groups in total. The summed E-state index contributed by atoms with van der Waals surface area (Å²) in [6, 6.07) is 0. The average molecular weight is 449 g/mol. The van der Waals surface area contributed by atoms with Crippen molar-refractivity contribution in [3.8, 4) is 0 Å². The fourth-order valence-electron chi connectivity index (χ4n) is 3.36. The van der Waals surface area contributed by atoms with Gasteiger partial charge < -0.3 is 10.3 Å². The summed E-state index contributed by atoms with van der Waals surface area (Å²) >= 11 is 4.28. The normalized spacial score (nSPS) is 16.8. The van der Waals surface area contributed by atoms with Gasteiger partial charge in [0, 0.05) is 15.7 Å². The molecule has 1 amide bonds. The van der Waals surface area contributed by atoms with Gasteiger partial charge in [-0.3, -0.25) is 9.59 Å². The summed E-state index contributed by atoms with van der Waals surface area (Å²) in [5, 5.41) is 6.62. The lowest BCUT2D eigenvalue weighted by atomic mass is 9.89. The van der Waals surface area contributed by atoms with Gasteiger partial charge in [0.15, 0.2) is 10.3 Å². The van der Waals surface area contributed by atoms with Gasteiger partial charge in [0.1, 0.15) is 4.83 Å². The third kappa shape index (κ3) is 4.41. The highest BCUT2D eigenvalue weighted by atomic mass is 32.2. The second-order valence-corrected chi connectivity index (χ2v) is 11.4. The van der Waals surface area contributed by atoms with Crippen LogP contribution in [0.1, 0.15) is 50.3 Å². The Balaban J connectivity index is 1.45. The standard InChI is InChI=1S/C20H24N4O2S3/c1-10-5-6-11-12(7-10)29-17-15(11)16(26)23-19(24-17)28-9-14(25)22-18-21-13(8-27-18)20(2,3)4/h8,10H,5-7,9H2,1-4H3,(H,21,22,25)(H,23,24,26)/t10-/m1/s1. The molecule has 1 aliphatic rings. The van der Waals surface area contributed by atoms with Crippen LogP contribution in [0.25, 0.3) is 10.2 Å². The molecular weight excluding hydrogens is 424 g/mol. The van der Waals surface area contributed by atoms with Crippen LogP contribution >= 0.6 is 34.4 Å². The van der Waals surface area contributed by atoms with Gasteiger partial charge >= 0.3 is 0 Å². The van der Waals surface area contributed by atoms with Crippen molar-refractivity contribution in [2.75, 3.05) is 11.1 Å². The third-order valence-corrected chi connectivity index (χ3v) is 7.78. The van der Waals surface area contributed by atoms with Gasteiger partial charge in [-0.1, -0.05) is 39.5 Å². The zero-order valence-corrected chi connectivity index (χ0v) is 19.4. The number of thiazole rings is 1. The molecule has 3 heterocycles.